The molecule has 0 aliphatic carbocycles. The molecule has 0 spiro atoms. The molecule has 0 aromatic carbocycles. The summed E-state index contributed by atoms with van der Waals surface area (Å²) in [5.74, 6) is 0.256. The van der Waals surface area contributed by atoms with E-state index in [1.54, 1.807) is 13.8 Å². The maximum absolute atomic E-state index is 10.6. The van der Waals surface area contributed by atoms with Crippen molar-refractivity contribution in [2.24, 2.45) is 5.92 Å². The van der Waals surface area contributed by atoms with Crippen LogP contribution in [0.4, 0.5) is 0 Å². The van der Waals surface area contributed by atoms with Gasteiger partial charge in [0.2, 0.25) is 0 Å². The summed E-state index contributed by atoms with van der Waals surface area (Å²) in [7, 11) is -2.03. The van der Waals surface area contributed by atoms with E-state index in [0.29, 0.717) is 0 Å². The van der Waals surface area contributed by atoms with Crippen LogP contribution in [0.2, 0.25) is 0 Å². The van der Waals surface area contributed by atoms with Crippen LogP contribution in [0.15, 0.2) is 0 Å². The zero-order valence-corrected chi connectivity index (χ0v) is 9.34. The van der Waals surface area contributed by atoms with Crippen LogP contribution >= 0.6 is 8.03 Å². The Kier molecular flexibility index (Phi) is 6.17. The van der Waals surface area contributed by atoms with Crippen molar-refractivity contribution in [1.82, 2.24) is 0 Å². The van der Waals surface area contributed by atoms with Gasteiger partial charge < -0.3 is 0 Å². The smallest absolute Gasteiger partial charge is 0.160 e. The second-order valence-corrected chi connectivity index (χ2v) is 4.78. The van der Waals surface area contributed by atoms with Gasteiger partial charge in [0.25, 0.3) is 0 Å². The van der Waals surface area contributed by atoms with E-state index in [4.69, 9.17) is 4.89 Å². The maximum atomic E-state index is 10.6. The van der Waals surface area contributed by atoms with Gasteiger partial charge in [-0.3, -0.25) is 0 Å². The fourth-order valence-electron chi connectivity index (χ4n) is 0.221. The number of hydrogen-bond acceptors (Lipinski definition) is 1. The van der Waals surface area contributed by atoms with Crippen molar-refractivity contribution in [3.8, 4) is 0 Å². The Hall–Kier alpha value is 0.774. The third-order valence-electron chi connectivity index (χ3n) is 1.91. The van der Waals surface area contributed by atoms with Gasteiger partial charge in [-0.1, -0.05) is 13.8 Å². The van der Waals surface area contributed by atoms with Crippen LogP contribution < -0.4 is 0 Å². The Balaban J connectivity index is 0. The first-order valence-corrected chi connectivity index (χ1v) is 4.26. The van der Waals surface area contributed by atoms with Crippen molar-refractivity contribution in [1.29, 1.82) is 0 Å². The Morgan fingerprint density at radius 3 is 1.70 bits per heavy atom. The monoisotopic (exact) mass is 197 g/mol. The summed E-state index contributed by atoms with van der Waals surface area (Å²) in [6.07, 6.45) is 0. The molecule has 1 atom stereocenters. The first-order chi connectivity index (χ1) is 3.89. The van der Waals surface area contributed by atoms with Gasteiger partial charge in [-0.25, -0.2) is 0 Å². The van der Waals surface area contributed by atoms with Crippen LogP contribution in [0.25, 0.3) is 0 Å². The second-order valence-electron chi connectivity index (χ2n) is 3.08. The first kappa shape index (κ1) is 13.4. The molecule has 1 N–H and O–H groups in total. The van der Waals surface area contributed by atoms with E-state index in [1.807, 2.05) is 13.8 Å². The fourth-order valence-corrected chi connectivity index (χ4v) is 0.663. The number of rotatable bonds is 2. The van der Waals surface area contributed by atoms with E-state index in [-0.39, 0.29) is 27.6 Å². The third-order valence-corrected chi connectivity index (χ3v) is 3.41. The Labute approximate surface area is 78.2 Å². The van der Waals surface area contributed by atoms with Gasteiger partial charge in [0.1, 0.15) is 0 Å². The van der Waals surface area contributed by atoms with Gasteiger partial charge in [0.05, 0.1) is 0 Å². The summed E-state index contributed by atoms with van der Waals surface area (Å²) in [5, 5.41) is -0.435. The quantitative estimate of drug-likeness (QED) is 0.543. The second kappa shape index (κ2) is 4.61. The van der Waals surface area contributed by atoms with Crippen LogP contribution in [-0.4, -0.2) is 10.0 Å². The first-order valence-electron chi connectivity index (χ1n) is 3.05. The molecule has 0 amide bonds. The van der Waals surface area contributed by atoms with E-state index >= 15 is 0 Å². The molecule has 0 aromatic rings. The minimum absolute atomic E-state index is 0. The molecule has 1 unspecified atom stereocenters. The molecule has 0 fully saturated rings. The van der Waals surface area contributed by atoms with Crippen LogP contribution in [-0.2, 0) is 26.3 Å². The molecule has 0 aliphatic heterocycles. The average molecular weight is 197 g/mol. The molecule has 0 saturated heterocycles. The summed E-state index contributed by atoms with van der Waals surface area (Å²) in [6, 6.07) is 0. The average Bonchev–Trinajstić information content (AvgIpc) is 1.65. The molecule has 0 bridgehead atoms. The van der Waals surface area contributed by atoms with Crippen LogP contribution in [0.3, 0.4) is 0 Å². The fraction of sp³-hybridized carbons (Fsp3) is 1.00. The molecule has 10 heavy (non-hydrogen) atoms. The van der Waals surface area contributed by atoms with Crippen LogP contribution in [0.5, 0.6) is 0 Å². The van der Waals surface area contributed by atoms with Crippen molar-refractivity contribution < 1.29 is 31.2 Å². The van der Waals surface area contributed by atoms with Gasteiger partial charge in [0, 0.05) is 27.6 Å². The Morgan fingerprint density at radius 2 is 1.70 bits per heavy atom. The zero-order valence-electron chi connectivity index (χ0n) is 6.88. The van der Waals surface area contributed by atoms with Gasteiger partial charge in [-0.15, -0.1) is 0 Å². The van der Waals surface area contributed by atoms with Gasteiger partial charge in [-0.2, -0.15) is 4.89 Å². The summed E-state index contributed by atoms with van der Waals surface area (Å²) >= 11 is 0. The van der Waals surface area contributed by atoms with E-state index in [0.717, 1.165) is 0 Å². The van der Waals surface area contributed by atoms with E-state index < -0.39 is 13.2 Å². The molecule has 0 saturated carbocycles. The van der Waals surface area contributed by atoms with Crippen LogP contribution in [0, 0.1) is 5.92 Å². The Bertz CT molecular complexity index is 123. The van der Waals surface area contributed by atoms with Crippen molar-refractivity contribution in [3.05, 3.63) is 0 Å². The van der Waals surface area contributed by atoms with E-state index in [9.17, 15) is 4.57 Å². The van der Waals surface area contributed by atoms with Crippen molar-refractivity contribution in [3.63, 3.8) is 0 Å². The SMILES string of the molecule is CC(C)C(C)(C)[P+](=O)O.[Ti]. The molecule has 0 heterocycles. The van der Waals surface area contributed by atoms with Gasteiger partial charge in [0.15, 0.2) is 5.16 Å². The van der Waals surface area contributed by atoms with Crippen molar-refractivity contribution in [2.75, 3.05) is 0 Å². The summed E-state index contributed by atoms with van der Waals surface area (Å²) in [5.41, 5.74) is 0. The zero-order chi connectivity index (χ0) is 7.65. The molecular weight excluding hydrogens is 183 g/mol. The number of hydrogen-bond donors (Lipinski definition) is 1. The molecule has 0 aromatic heterocycles. The molecular formula is C6H14O2PTi+. The molecule has 0 radical (unpaired) electrons. The predicted octanol–water partition coefficient (Wildman–Crippen LogP) is 2.15. The maximum Gasteiger partial charge on any atom is 0.511 e. The van der Waals surface area contributed by atoms with Crippen molar-refractivity contribution >= 4 is 8.03 Å². The Morgan fingerprint density at radius 1 is 1.40 bits per heavy atom. The minimum atomic E-state index is -2.03. The minimum Gasteiger partial charge on any atom is -0.160 e. The molecule has 4 heteroatoms. The molecule has 2 nitrogen and oxygen atoms in total. The molecule has 58 valence electrons. The van der Waals surface area contributed by atoms with Gasteiger partial charge >= 0.3 is 8.03 Å². The summed E-state index contributed by atoms with van der Waals surface area (Å²) in [6.45, 7) is 7.50. The van der Waals surface area contributed by atoms with Crippen LogP contribution in [0.1, 0.15) is 27.7 Å². The standard InChI is InChI=1S/C6H13O2P.Ti/c1-5(2)6(3,4)9(7)8;/h5H,1-4H3;/p+1. The molecule has 0 rings (SSSR count). The predicted molar refractivity (Wildman–Crippen MR) is 38.7 cm³/mol. The normalized spacial score (nSPS) is 12.8. The topological polar surface area (TPSA) is 37.3 Å². The van der Waals surface area contributed by atoms with E-state index in [2.05, 4.69) is 0 Å². The summed E-state index contributed by atoms with van der Waals surface area (Å²) in [4.78, 5) is 8.76. The third kappa shape index (κ3) is 3.25. The largest absolute Gasteiger partial charge is 0.511 e. The van der Waals surface area contributed by atoms with Gasteiger partial charge in [-0.05, 0) is 18.4 Å². The van der Waals surface area contributed by atoms with Crippen molar-refractivity contribution in [2.45, 2.75) is 32.9 Å². The van der Waals surface area contributed by atoms with E-state index in [1.165, 1.54) is 0 Å². The summed E-state index contributed by atoms with van der Waals surface area (Å²) < 4.78 is 10.6. The molecule has 0 aliphatic rings.